The summed E-state index contributed by atoms with van der Waals surface area (Å²) >= 11 is 2.29. The molecule has 2 rings (SSSR count). The molecule has 0 saturated carbocycles. The smallest absolute Gasteiger partial charge is 0.0521 e. The minimum absolute atomic E-state index is 0.565. The number of benzene rings is 2. The number of rotatable bonds is 3. The molecule has 3 heteroatoms. The fourth-order valence-corrected chi connectivity index (χ4v) is 2.41. The van der Waals surface area contributed by atoms with E-state index in [0.717, 1.165) is 20.6 Å². The Balaban J connectivity index is 2.18. The van der Waals surface area contributed by atoms with Gasteiger partial charge in [0.1, 0.15) is 0 Å². The second-order valence-electron chi connectivity index (χ2n) is 4.64. The van der Waals surface area contributed by atoms with Crippen LogP contribution in [0.2, 0.25) is 0 Å². The van der Waals surface area contributed by atoms with Gasteiger partial charge in [0, 0.05) is 14.9 Å². The molecule has 0 aliphatic rings. The molecule has 0 heterocycles. The van der Waals surface area contributed by atoms with E-state index in [1.807, 2.05) is 18.2 Å². The van der Waals surface area contributed by atoms with Crippen molar-refractivity contribution in [2.75, 3.05) is 11.1 Å². The monoisotopic (exact) mass is 352 g/mol. The van der Waals surface area contributed by atoms with Crippen LogP contribution >= 0.6 is 22.6 Å². The molecule has 94 valence electrons. The molecule has 0 fully saturated rings. The van der Waals surface area contributed by atoms with Crippen LogP contribution in [0.5, 0.6) is 0 Å². The first kappa shape index (κ1) is 13.2. The van der Waals surface area contributed by atoms with Gasteiger partial charge in [-0.05, 0) is 64.4 Å². The lowest BCUT2D eigenvalue weighted by Gasteiger charge is -2.11. The lowest BCUT2D eigenvalue weighted by molar-refractivity contribution is 0.867. The van der Waals surface area contributed by atoms with Gasteiger partial charge in [0.15, 0.2) is 0 Å². The van der Waals surface area contributed by atoms with Crippen LogP contribution in [-0.2, 0) is 0 Å². The fraction of sp³-hybridized carbons (Fsp3) is 0.200. The van der Waals surface area contributed by atoms with E-state index in [0.29, 0.717) is 5.92 Å². The van der Waals surface area contributed by atoms with Crippen molar-refractivity contribution in [3.8, 4) is 0 Å². The topological polar surface area (TPSA) is 38.0 Å². The van der Waals surface area contributed by atoms with Crippen molar-refractivity contribution < 1.29 is 0 Å². The van der Waals surface area contributed by atoms with Crippen molar-refractivity contribution in [1.82, 2.24) is 0 Å². The number of nitrogens with two attached hydrogens (primary N) is 1. The largest absolute Gasteiger partial charge is 0.399 e. The third-order valence-electron chi connectivity index (χ3n) is 2.85. The zero-order chi connectivity index (χ0) is 13.1. The van der Waals surface area contributed by atoms with Crippen molar-refractivity contribution in [3.05, 3.63) is 51.6 Å². The van der Waals surface area contributed by atoms with Gasteiger partial charge in [-0.2, -0.15) is 0 Å². The Labute approximate surface area is 122 Å². The van der Waals surface area contributed by atoms with Crippen molar-refractivity contribution in [2.45, 2.75) is 19.8 Å². The predicted octanol–water partition coefficient (Wildman–Crippen LogP) is 4.74. The van der Waals surface area contributed by atoms with E-state index >= 15 is 0 Å². The summed E-state index contributed by atoms with van der Waals surface area (Å²) in [6.45, 7) is 4.40. The highest BCUT2D eigenvalue weighted by Gasteiger charge is 2.02. The van der Waals surface area contributed by atoms with E-state index in [9.17, 15) is 0 Å². The molecule has 0 aromatic heterocycles. The molecule has 2 nitrogen and oxygen atoms in total. The van der Waals surface area contributed by atoms with Crippen LogP contribution in [0.1, 0.15) is 25.3 Å². The standard InChI is InChI=1S/C15H17IN2/c1-10(2)11-3-6-13(7-4-11)18-15-8-5-12(17)9-14(15)16/h3-10,18H,17H2,1-2H3. The van der Waals surface area contributed by atoms with Crippen LogP contribution in [0.25, 0.3) is 0 Å². The van der Waals surface area contributed by atoms with Crippen LogP contribution in [0.15, 0.2) is 42.5 Å². The summed E-state index contributed by atoms with van der Waals surface area (Å²) in [4.78, 5) is 0. The zero-order valence-electron chi connectivity index (χ0n) is 10.6. The van der Waals surface area contributed by atoms with E-state index in [2.05, 4.69) is 66.0 Å². The van der Waals surface area contributed by atoms with Gasteiger partial charge in [0.25, 0.3) is 0 Å². The van der Waals surface area contributed by atoms with Crippen molar-refractivity contribution >= 4 is 39.7 Å². The number of hydrogen-bond acceptors (Lipinski definition) is 2. The summed E-state index contributed by atoms with van der Waals surface area (Å²) in [5.41, 5.74) is 10.1. The minimum atomic E-state index is 0.565. The van der Waals surface area contributed by atoms with Gasteiger partial charge in [-0.1, -0.05) is 26.0 Å². The maximum Gasteiger partial charge on any atom is 0.0521 e. The van der Waals surface area contributed by atoms with Crippen LogP contribution < -0.4 is 11.1 Å². The molecule has 0 aliphatic heterocycles. The highest BCUT2D eigenvalue weighted by Crippen LogP contribution is 2.25. The molecular weight excluding hydrogens is 335 g/mol. The van der Waals surface area contributed by atoms with E-state index in [-0.39, 0.29) is 0 Å². The summed E-state index contributed by atoms with van der Waals surface area (Å²) in [6, 6.07) is 14.4. The summed E-state index contributed by atoms with van der Waals surface area (Å²) in [5.74, 6) is 0.565. The minimum Gasteiger partial charge on any atom is -0.399 e. The Hall–Kier alpha value is -1.23. The van der Waals surface area contributed by atoms with E-state index in [4.69, 9.17) is 5.73 Å². The average Bonchev–Trinajstić information content (AvgIpc) is 2.33. The molecule has 0 atom stereocenters. The fourth-order valence-electron chi connectivity index (χ4n) is 1.74. The quantitative estimate of drug-likeness (QED) is 0.619. The summed E-state index contributed by atoms with van der Waals surface area (Å²) in [7, 11) is 0. The maximum absolute atomic E-state index is 5.74. The first-order valence-electron chi connectivity index (χ1n) is 5.98. The first-order chi connectivity index (χ1) is 8.56. The van der Waals surface area contributed by atoms with Crippen LogP contribution in [0.3, 0.4) is 0 Å². The number of hydrogen-bond donors (Lipinski definition) is 2. The van der Waals surface area contributed by atoms with Crippen molar-refractivity contribution in [3.63, 3.8) is 0 Å². The molecule has 0 aliphatic carbocycles. The number of halogens is 1. The highest BCUT2D eigenvalue weighted by molar-refractivity contribution is 14.1. The first-order valence-corrected chi connectivity index (χ1v) is 7.06. The van der Waals surface area contributed by atoms with Crippen LogP contribution in [0.4, 0.5) is 17.1 Å². The van der Waals surface area contributed by atoms with Crippen LogP contribution in [-0.4, -0.2) is 0 Å². The molecule has 3 N–H and O–H groups in total. The molecule has 2 aromatic carbocycles. The van der Waals surface area contributed by atoms with Gasteiger partial charge < -0.3 is 11.1 Å². The van der Waals surface area contributed by atoms with Gasteiger partial charge in [-0.3, -0.25) is 0 Å². The van der Waals surface area contributed by atoms with Gasteiger partial charge in [0.2, 0.25) is 0 Å². The van der Waals surface area contributed by atoms with E-state index < -0.39 is 0 Å². The average molecular weight is 352 g/mol. The third kappa shape index (κ3) is 3.16. The SMILES string of the molecule is CC(C)c1ccc(Nc2ccc(N)cc2I)cc1. The van der Waals surface area contributed by atoms with Gasteiger partial charge in [0.05, 0.1) is 5.69 Å². The normalized spacial score (nSPS) is 10.7. The van der Waals surface area contributed by atoms with Gasteiger partial charge >= 0.3 is 0 Å². The molecule has 0 bridgehead atoms. The second kappa shape index (κ2) is 5.61. The van der Waals surface area contributed by atoms with E-state index in [1.54, 1.807) is 0 Å². The van der Waals surface area contributed by atoms with Crippen LogP contribution in [0, 0.1) is 3.57 Å². The lowest BCUT2D eigenvalue weighted by Crippen LogP contribution is -1.95. The maximum atomic E-state index is 5.74. The Morgan fingerprint density at radius 3 is 2.28 bits per heavy atom. The van der Waals surface area contributed by atoms with Gasteiger partial charge in [-0.25, -0.2) is 0 Å². The third-order valence-corrected chi connectivity index (χ3v) is 3.74. The number of nitrogens with one attached hydrogen (secondary N) is 1. The number of anilines is 3. The van der Waals surface area contributed by atoms with E-state index in [1.165, 1.54) is 5.56 Å². The Kier molecular flexibility index (Phi) is 4.11. The second-order valence-corrected chi connectivity index (χ2v) is 5.80. The Morgan fingerprint density at radius 1 is 1.06 bits per heavy atom. The summed E-state index contributed by atoms with van der Waals surface area (Å²) < 4.78 is 1.13. The highest BCUT2D eigenvalue weighted by atomic mass is 127. The predicted molar refractivity (Wildman–Crippen MR) is 87.4 cm³/mol. The number of nitrogen functional groups attached to an aromatic ring is 1. The van der Waals surface area contributed by atoms with Gasteiger partial charge in [-0.15, -0.1) is 0 Å². The molecule has 0 saturated heterocycles. The summed E-state index contributed by atoms with van der Waals surface area (Å²) in [5, 5.41) is 3.40. The molecule has 0 amide bonds. The molecule has 0 radical (unpaired) electrons. The van der Waals surface area contributed by atoms with Crippen molar-refractivity contribution in [2.24, 2.45) is 0 Å². The Bertz CT molecular complexity index is 533. The zero-order valence-corrected chi connectivity index (χ0v) is 12.7. The van der Waals surface area contributed by atoms with Crippen molar-refractivity contribution in [1.29, 1.82) is 0 Å². The lowest BCUT2D eigenvalue weighted by atomic mass is 10.0. The molecular formula is C15H17IN2. The molecule has 0 spiro atoms. The Morgan fingerprint density at radius 2 is 1.72 bits per heavy atom. The molecule has 18 heavy (non-hydrogen) atoms. The molecule has 2 aromatic rings. The summed E-state index contributed by atoms with van der Waals surface area (Å²) in [6.07, 6.45) is 0. The molecule has 0 unspecified atom stereocenters.